The van der Waals surface area contributed by atoms with Crippen molar-refractivity contribution in [2.24, 2.45) is 4.99 Å². The molecule has 7 heteroatoms. The molecule has 0 amide bonds. The molecule has 1 saturated carbocycles. The van der Waals surface area contributed by atoms with Crippen molar-refractivity contribution in [3.63, 3.8) is 0 Å². The van der Waals surface area contributed by atoms with E-state index < -0.39 is 0 Å². The first-order valence-corrected chi connectivity index (χ1v) is 10.6. The number of hydrogen-bond donors (Lipinski definition) is 2. The van der Waals surface area contributed by atoms with Crippen LogP contribution in [-0.2, 0) is 18.4 Å². The first kappa shape index (κ1) is 18.5. The topological polar surface area (TPSA) is 67.1 Å². The zero-order chi connectivity index (χ0) is 18.9. The predicted octanol–water partition coefficient (Wildman–Crippen LogP) is 2.95. The van der Waals surface area contributed by atoms with E-state index in [1.165, 1.54) is 18.4 Å². The van der Waals surface area contributed by atoms with E-state index in [9.17, 15) is 0 Å². The van der Waals surface area contributed by atoms with Gasteiger partial charge in [-0.3, -0.25) is 4.99 Å². The van der Waals surface area contributed by atoms with Gasteiger partial charge in [-0.15, -0.1) is 0 Å². The third-order valence-electron chi connectivity index (χ3n) is 5.48. The summed E-state index contributed by atoms with van der Waals surface area (Å²) in [6.07, 6.45) is 4.42. The fraction of sp³-hybridized carbons (Fsp3) is 0.550. The number of aromatic nitrogens is 3. The number of rotatable bonds is 5. The number of hydrogen-bond acceptors (Lipinski definition) is 3. The summed E-state index contributed by atoms with van der Waals surface area (Å²) in [5.41, 5.74) is 1.59. The minimum Gasteiger partial charge on any atom is -0.357 e. The average Bonchev–Trinajstić information content (AvgIpc) is 3.35. The first-order valence-electron chi connectivity index (χ1n) is 9.79. The number of halogens is 1. The van der Waals surface area contributed by atoms with Gasteiger partial charge in [0.1, 0.15) is 11.6 Å². The van der Waals surface area contributed by atoms with Gasteiger partial charge in [-0.05, 0) is 50.8 Å². The molecular formula is C20H27BrN6. The van der Waals surface area contributed by atoms with Crippen LogP contribution in [0.3, 0.4) is 0 Å². The number of aryl methyl sites for hydroxylation is 2. The highest BCUT2D eigenvalue weighted by Crippen LogP contribution is 2.48. The molecule has 0 saturated heterocycles. The SMILES string of the molecule is CCNC(=NCC1(c2cccc(Br)c2)CC1)NC1CCc2nc(C)nn2C1. The highest BCUT2D eigenvalue weighted by atomic mass is 79.9. The van der Waals surface area contributed by atoms with Crippen molar-refractivity contribution in [3.05, 3.63) is 46.0 Å². The summed E-state index contributed by atoms with van der Waals surface area (Å²) in [5, 5.41) is 11.5. The standard InChI is InChI=1S/C20H27BrN6/c1-3-22-19(25-17-7-8-18-24-14(2)26-27(18)12-17)23-13-20(9-10-20)15-5-4-6-16(21)11-15/h4-6,11,17H,3,7-10,12-13H2,1-2H3,(H2,22,23,25). The maximum atomic E-state index is 4.94. The Labute approximate surface area is 169 Å². The fourth-order valence-electron chi connectivity index (χ4n) is 3.80. The maximum absolute atomic E-state index is 4.94. The van der Waals surface area contributed by atoms with Crippen LogP contribution < -0.4 is 10.6 Å². The summed E-state index contributed by atoms with van der Waals surface area (Å²) in [6.45, 7) is 6.58. The van der Waals surface area contributed by atoms with Crippen LogP contribution in [0.1, 0.15) is 43.4 Å². The number of fused-ring (bicyclic) bond motifs is 1. The molecule has 144 valence electrons. The Morgan fingerprint density at radius 2 is 2.26 bits per heavy atom. The Morgan fingerprint density at radius 3 is 3.00 bits per heavy atom. The van der Waals surface area contributed by atoms with Crippen LogP contribution in [0, 0.1) is 6.92 Å². The lowest BCUT2D eigenvalue weighted by molar-refractivity contribution is 0.392. The van der Waals surface area contributed by atoms with E-state index in [0.29, 0.717) is 6.04 Å². The first-order chi connectivity index (χ1) is 13.1. The molecule has 1 atom stereocenters. The van der Waals surface area contributed by atoms with Crippen LogP contribution in [0.25, 0.3) is 0 Å². The van der Waals surface area contributed by atoms with Crippen LogP contribution in [0.15, 0.2) is 33.7 Å². The second-order valence-corrected chi connectivity index (χ2v) is 8.54. The Balaban J connectivity index is 1.43. The highest BCUT2D eigenvalue weighted by Gasteiger charge is 2.44. The summed E-state index contributed by atoms with van der Waals surface area (Å²) in [5.74, 6) is 2.86. The molecule has 1 aliphatic carbocycles. The van der Waals surface area contributed by atoms with E-state index in [1.807, 2.05) is 11.6 Å². The Kier molecular flexibility index (Phi) is 5.21. The van der Waals surface area contributed by atoms with Crippen molar-refractivity contribution >= 4 is 21.9 Å². The van der Waals surface area contributed by atoms with E-state index in [0.717, 1.165) is 54.6 Å². The van der Waals surface area contributed by atoms with Crippen molar-refractivity contribution in [1.82, 2.24) is 25.4 Å². The second kappa shape index (κ2) is 7.62. The van der Waals surface area contributed by atoms with Gasteiger partial charge < -0.3 is 10.6 Å². The van der Waals surface area contributed by atoms with E-state index in [-0.39, 0.29) is 5.41 Å². The van der Waals surface area contributed by atoms with Gasteiger partial charge in [0.15, 0.2) is 5.96 Å². The molecule has 1 aromatic carbocycles. The zero-order valence-electron chi connectivity index (χ0n) is 16.0. The molecule has 6 nitrogen and oxygen atoms in total. The second-order valence-electron chi connectivity index (χ2n) is 7.62. The van der Waals surface area contributed by atoms with Crippen molar-refractivity contribution < 1.29 is 0 Å². The third kappa shape index (κ3) is 4.18. The number of aliphatic imine (C=N–C) groups is 1. The molecule has 27 heavy (non-hydrogen) atoms. The molecule has 2 aliphatic rings. The van der Waals surface area contributed by atoms with Gasteiger partial charge in [-0.2, -0.15) is 5.10 Å². The lowest BCUT2D eigenvalue weighted by atomic mass is 9.96. The third-order valence-corrected chi connectivity index (χ3v) is 5.97. The molecule has 1 aromatic heterocycles. The largest absolute Gasteiger partial charge is 0.357 e. The molecule has 2 N–H and O–H groups in total. The molecule has 0 spiro atoms. The molecule has 0 radical (unpaired) electrons. The smallest absolute Gasteiger partial charge is 0.191 e. The van der Waals surface area contributed by atoms with Gasteiger partial charge >= 0.3 is 0 Å². The van der Waals surface area contributed by atoms with Crippen LogP contribution in [0.4, 0.5) is 0 Å². The lowest BCUT2D eigenvalue weighted by Gasteiger charge is -2.25. The normalized spacial score (nSPS) is 20.9. The summed E-state index contributed by atoms with van der Waals surface area (Å²) in [7, 11) is 0. The van der Waals surface area contributed by atoms with Gasteiger partial charge in [0.2, 0.25) is 0 Å². The summed E-state index contributed by atoms with van der Waals surface area (Å²) in [6, 6.07) is 8.99. The summed E-state index contributed by atoms with van der Waals surface area (Å²) in [4.78, 5) is 9.44. The van der Waals surface area contributed by atoms with Crippen molar-refractivity contribution in [3.8, 4) is 0 Å². The molecule has 1 fully saturated rings. The molecule has 4 rings (SSSR count). The Morgan fingerprint density at radius 1 is 1.41 bits per heavy atom. The Bertz CT molecular complexity index is 839. The summed E-state index contributed by atoms with van der Waals surface area (Å²) < 4.78 is 3.17. The molecular weight excluding hydrogens is 404 g/mol. The van der Waals surface area contributed by atoms with E-state index in [1.54, 1.807) is 0 Å². The number of guanidine groups is 1. The summed E-state index contributed by atoms with van der Waals surface area (Å²) >= 11 is 3.59. The number of nitrogens with zero attached hydrogens (tertiary/aromatic N) is 4. The predicted molar refractivity (Wildman–Crippen MR) is 111 cm³/mol. The van der Waals surface area contributed by atoms with E-state index >= 15 is 0 Å². The van der Waals surface area contributed by atoms with Gasteiger partial charge in [-0.25, -0.2) is 9.67 Å². The van der Waals surface area contributed by atoms with Crippen LogP contribution in [0.2, 0.25) is 0 Å². The molecule has 2 aromatic rings. The number of nitrogens with one attached hydrogen (secondary N) is 2. The van der Waals surface area contributed by atoms with Crippen molar-refractivity contribution in [2.45, 2.75) is 57.5 Å². The Hall–Kier alpha value is -1.89. The molecule has 1 unspecified atom stereocenters. The quantitative estimate of drug-likeness (QED) is 0.565. The zero-order valence-corrected chi connectivity index (χ0v) is 17.6. The fourth-order valence-corrected chi connectivity index (χ4v) is 4.20. The van der Waals surface area contributed by atoms with Gasteiger partial charge in [0.05, 0.1) is 13.1 Å². The number of benzene rings is 1. The average molecular weight is 431 g/mol. The maximum Gasteiger partial charge on any atom is 0.191 e. The molecule has 0 bridgehead atoms. The van der Waals surface area contributed by atoms with Gasteiger partial charge in [0, 0.05) is 28.9 Å². The van der Waals surface area contributed by atoms with Crippen LogP contribution in [0.5, 0.6) is 0 Å². The highest BCUT2D eigenvalue weighted by molar-refractivity contribution is 9.10. The minimum absolute atomic E-state index is 0.203. The van der Waals surface area contributed by atoms with E-state index in [4.69, 9.17) is 4.99 Å². The molecule has 2 heterocycles. The van der Waals surface area contributed by atoms with Gasteiger partial charge in [-0.1, -0.05) is 28.1 Å². The van der Waals surface area contributed by atoms with E-state index in [2.05, 4.69) is 67.8 Å². The van der Waals surface area contributed by atoms with Crippen LogP contribution >= 0.6 is 15.9 Å². The minimum atomic E-state index is 0.203. The molecule has 1 aliphatic heterocycles. The van der Waals surface area contributed by atoms with Crippen molar-refractivity contribution in [1.29, 1.82) is 0 Å². The van der Waals surface area contributed by atoms with Crippen LogP contribution in [-0.4, -0.2) is 39.9 Å². The van der Waals surface area contributed by atoms with Crippen molar-refractivity contribution in [2.75, 3.05) is 13.1 Å². The lowest BCUT2D eigenvalue weighted by Crippen LogP contribution is -2.47. The monoisotopic (exact) mass is 430 g/mol. The van der Waals surface area contributed by atoms with Gasteiger partial charge in [0.25, 0.3) is 0 Å².